The Kier molecular flexibility index (Phi) is 5.95. The van der Waals surface area contributed by atoms with Crippen LogP contribution in [0.3, 0.4) is 0 Å². The van der Waals surface area contributed by atoms with Gasteiger partial charge in [0.05, 0.1) is 24.8 Å². The van der Waals surface area contributed by atoms with Crippen LogP contribution in [0.2, 0.25) is 0 Å². The molecule has 1 rings (SSSR count). The Bertz CT molecular complexity index is 380. The third-order valence-corrected chi connectivity index (χ3v) is 2.94. The van der Waals surface area contributed by atoms with Gasteiger partial charge < -0.3 is 9.26 Å². The summed E-state index contributed by atoms with van der Waals surface area (Å²) in [7, 11) is 5.21. The van der Waals surface area contributed by atoms with Gasteiger partial charge in [0.2, 0.25) is 0 Å². The van der Waals surface area contributed by atoms with Gasteiger partial charge in [0.1, 0.15) is 20.2 Å². The fourth-order valence-corrected chi connectivity index (χ4v) is 1.85. The van der Waals surface area contributed by atoms with Crippen LogP contribution in [-0.2, 0) is 10.7 Å². The molecule has 2 radical (unpaired) electrons. The van der Waals surface area contributed by atoms with Crippen molar-refractivity contribution in [3.8, 4) is 5.75 Å². The molecule has 1 aromatic rings. The van der Waals surface area contributed by atoms with E-state index in [0.29, 0.717) is 0 Å². The van der Waals surface area contributed by atoms with Crippen LogP contribution in [-0.4, -0.2) is 26.0 Å². The number of rotatable bonds is 5. The van der Waals surface area contributed by atoms with E-state index in [9.17, 15) is 13.2 Å². The highest BCUT2D eigenvalue weighted by Gasteiger charge is 2.34. The maximum atomic E-state index is 12.6. The SMILES string of the molecule is [B]c1cc(C(F)(F)F)c(OCCOPI)cn1. The summed E-state index contributed by atoms with van der Waals surface area (Å²) in [4.78, 5) is 3.56. The van der Waals surface area contributed by atoms with Crippen molar-refractivity contribution in [1.29, 1.82) is 0 Å². The van der Waals surface area contributed by atoms with Gasteiger partial charge in [-0.3, -0.25) is 4.98 Å². The normalized spacial score (nSPS) is 12.2. The number of ether oxygens (including phenoxy) is 1. The minimum atomic E-state index is -4.52. The zero-order chi connectivity index (χ0) is 12.9. The number of aromatic nitrogens is 1. The summed E-state index contributed by atoms with van der Waals surface area (Å²) < 4.78 is 47.8. The lowest BCUT2D eigenvalue weighted by molar-refractivity contribution is -0.139. The standard InChI is InChI=1S/C8H7BF3INO2P/c9-7-3-5(8(10,11)12)6(4-14-7)15-1-2-16-17-13/h3-4,17H,1-2H2. The number of halogens is 4. The number of pyridine rings is 1. The minimum absolute atomic E-state index is 0.0324. The third-order valence-electron chi connectivity index (χ3n) is 1.69. The second kappa shape index (κ2) is 6.75. The van der Waals surface area contributed by atoms with E-state index in [-0.39, 0.29) is 31.0 Å². The van der Waals surface area contributed by atoms with Crippen molar-refractivity contribution in [2.45, 2.75) is 6.18 Å². The van der Waals surface area contributed by atoms with Crippen LogP contribution in [0.15, 0.2) is 12.3 Å². The Morgan fingerprint density at radius 3 is 2.71 bits per heavy atom. The molecule has 0 aliphatic heterocycles. The van der Waals surface area contributed by atoms with Crippen LogP contribution >= 0.6 is 28.5 Å². The molecule has 1 atom stereocenters. The van der Waals surface area contributed by atoms with Crippen LogP contribution in [0.25, 0.3) is 0 Å². The highest BCUT2D eigenvalue weighted by molar-refractivity contribution is 14.2. The Labute approximate surface area is 112 Å². The average Bonchev–Trinajstić information content (AvgIpc) is 2.25. The van der Waals surface area contributed by atoms with Gasteiger partial charge >= 0.3 is 6.18 Å². The molecule has 0 amide bonds. The molecule has 17 heavy (non-hydrogen) atoms. The second-order valence-electron chi connectivity index (χ2n) is 2.88. The highest BCUT2D eigenvalue weighted by Crippen LogP contribution is 2.35. The summed E-state index contributed by atoms with van der Waals surface area (Å²) in [6.45, 7) is 0.499. The average molecular weight is 375 g/mol. The number of hydrogen-bond donors (Lipinski definition) is 0. The van der Waals surface area contributed by atoms with Gasteiger partial charge in [-0.2, -0.15) is 13.2 Å². The third kappa shape index (κ3) is 4.97. The summed E-state index contributed by atoms with van der Waals surface area (Å²) in [6.07, 6.45) is -3.55. The predicted octanol–water partition coefficient (Wildman–Crippen LogP) is 2.23. The van der Waals surface area contributed by atoms with Crippen molar-refractivity contribution in [3.63, 3.8) is 0 Å². The maximum Gasteiger partial charge on any atom is 0.420 e. The lowest BCUT2D eigenvalue weighted by Gasteiger charge is -2.14. The van der Waals surface area contributed by atoms with E-state index in [2.05, 4.69) is 4.98 Å². The first-order chi connectivity index (χ1) is 7.95. The summed E-state index contributed by atoms with van der Waals surface area (Å²) in [5.74, 6) is -0.341. The predicted molar refractivity (Wildman–Crippen MR) is 68.4 cm³/mol. The van der Waals surface area contributed by atoms with E-state index in [0.717, 1.165) is 12.3 Å². The first-order valence-corrected chi connectivity index (χ1v) is 8.40. The van der Waals surface area contributed by atoms with Crippen molar-refractivity contribution in [2.24, 2.45) is 0 Å². The van der Waals surface area contributed by atoms with Crippen molar-refractivity contribution < 1.29 is 22.4 Å². The Morgan fingerprint density at radius 1 is 1.41 bits per heavy atom. The van der Waals surface area contributed by atoms with E-state index in [1.165, 1.54) is 0 Å². The summed E-state index contributed by atoms with van der Waals surface area (Å²) in [5, 5.41) is 0. The van der Waals surface area contributed by atoms with Crippen molar-refractivity contribution in [2.75, 3.05) is 13.2 Å². The first kappa shape index (κ1) is 15.0. The lowest BCUT2D eigenvalue weighted by atomic mass is 10.0. The lowest BCUT2D eigenvalue weighted by Crippen LogP contribution is -2.17. The van der Waals surface area contributed by atoms with Gasteiger partial charge in [-0.05, 0) is 33.7 Å². The summed E-state index contributed by atoms with van der Waals surface area (Å²) >= 11 is 2.01. The molecule has 0 spiro atoms. The quantitative estimate of drug-likeness (QED) is 0.343. The molecular formula is C8H7BF3INO2P. The molecule has 0 aromatic carbocycles. The number of alkyl halides is 3. The van der Waals surface area contributed by atoms with Crippen molar-refractivity contribution in [1.82, 2.24) is 4.98 Å². The molecule has 9 heteroatoms. The minimum Gasteiger partial charge on any atom is -0.489 e. The second-order valence-corrected chi connectivity index (χ2v) is 4.64. The van der Waals surface area contributed by atoms with E-state index >= 15 is 0 Å². The van der Waals surface area contributed by atoms with Gasteiger partial charge in [0.25, 0.3) is 0 Å². The van der Waals surface area contributed by atoms with Crippen LogP contribution in [0.4, 0.5) is 13.2 Å². The zero-order valence-corrected chi connectivity index (χ0v) is 11.6. The van der Waals surface area contributed by atoms with Crippen molar-refractivity contribution in [3.05, 3.63) is 17.8 Å². The van der Waals surface area contributed by atoms with E-state index in [1.807, 2.05) is 22.0 Å². The molecule has 1 unspecified atom stereocenters. The molecule has 3 nitrogen and oxygen atoms in total. The molecule has 0 saturated heterocycles. The van der Waals surface area contributed by atoms with Crippen LogP contribution in [0.1, 0.15) is 5.56 Å². The van der Waals surface area contributed by atoms with E-state index in [1.54, 1.807) is 0 Å². The topological polar surface area (TPSA) is 31.4 Å². The monoisotopic (exact) mass is 375 g/mol. The molecule has 0 bridgehead atoms. The zero-order valence-electron chi connectivity index (χ0n) is 8.42. The van der Waals surface area contributed by atoms with Gasteiger partial charge in [0, 0.05) is 0 Å². The molecule has 1 aromatic heterocycles. The smallest absolute Gasteiger partial charge is 0.420 e. The molecule has 92 valence electrons. The summed E-state index contributed by atoms with van der Waals surface area (Å²) in [6, 6.07) is 0.746. The van der Waals surface area contributed by atoms with E-state index in [4.69, 9.17) is 17.1 Å². The van der Waals surface area contributed by atoms with Crippen molar-refractivity contribution >= 4 is 41.9 Å². The molecule has 1 heterocycles. The number of nitrogens with zero attached hydrogens (tertiary/aromatic N) is 1. The molecule has 0 fully saturated rings. The Hall–Kier alpha value is -0.0751. The Morgan fingerprint density at radius 2 is 2.12 bits per heavy atom. The largest absolute Gasteiger partial charge is 0.489 e. The fourth-order valence-electron chi connectivity index (χ4n) is 1.03. The van der Waals surface area contributed by atoms with Crippen LogP contribution in [0.5, 0.6) is 5.75 Å². The van der Waals surface area contributed by atoms with Crippen LogP contribution in [0, 0.1) is 0 Å². The van der Waals surface area contributed by atoms with Gasteiger partial charge in [-0.25, -0.2) is 0 Å². The first-order valence-electron chi connectivity index (χ1n) is 4.38. The fraction of sp³-hybridized carbons (Fsp3) is 0.375. The molecule has 0 aliphatic rings. The molecule has 0 aliphatic carbocycles. The Balaban J connectivity index is 2.77. The van der Waals surface area contributed by atoms with Crippen LogP contribution < -0.4 is 10.3 Å². The highest BCUT2D eigenvalue weighted by atomic mass is 127. The summed E-state index contributed by atoms with van der Waals surface area (Å²) in [5.41, 5.74) is -1.13. The van der Waals surface area contributed by atoms with Gasteiger partial charge in [-0.1, -0.05) is 0 Å². The van der Waals surface area contributed by atoms with E-state index < -0.39 is 11.7 Å². The van der Waals surface area contributed by atoms with Gasteiger partial charge in [0.15, 0.2) is 0 Å². The molecule has 0 N–H and O–H groups in total. The van der Waals surface area contributed by atoms with Gasteiger partial charge in [-0.15, -0.1) is 0 Å². The maximum absolute atomic E-state index is 12.6. The molecule has 0 saturated carbocycles. The number of hydrogen-bond acceptors (Lipinski definition) is 3. The molecular weight excluding hydrogens is 368 g/mol.